The first-order chi connectivity index (χ1) is 10.7. The third-order valence-electron chi connectivity index (χ3n) is 3.59. The van der Waals surface area contributed by atoms with Gasteiger partial charge in [0.1, 0.15) is 11.1 Å². The van der Waals surface area contributed by atoms with Gasteiger partial charge in [-0.05, 0) is 19.1 Å². The number of benzene rings is 1. The van der Waals surface area contributed by atoms with Gasteiger partial charge in [0.15, 0.2) is 0 Å². The molecule has 3 rings (SSSR count). The summed E-state index contributed by atoms with van der Waals surface area (Å²) < 4.78 is 6.90. The lowest BCUT2D eigenvalue weighted by molar-refractivity contribution is 0.418. The van der Waals surface area contributed by atoms with Crippen LogP contribution in [0.1, 0.15) is 18.7 Å². The van der Waals surface area contributed by atoms with Crippen molar-refractivity contribution in [3.63, 3.8) is 0 Å². The summed E-state index contributed by atoms with van der Waals surface area (Å²) in [5.74, 6) is 0.538. The first kappa shape index (κ1) is 14.2. The van der Waals surface area contributed by atoms with Crippen LogP contribution in [0.2, 0.25) is 0 Å². The molecule has 22 heavy (non-hydrogen) atoms. The van der Waals surface area contributed by atoms with Gasteiger partial charge in [-0.2, -0.15) is 0 Å². The van der Waals surface area contributed by atoms with E-state index in [2.05, 4.69) is 15.0 Å². The van der Waals surface area contributed by atoms with Crippen LogP contribution in [-0.4, -0.2) is 26.6 Å². The van der Waals surface area contributed by atoms with Crippen molar-refractivity contribution in [2.75, 3.05) is 7.11 Å². The zero-order chi connectivity index (χ0) is 15.5. The molecule has 3 aromatic rings. The maximum atomic E-state index is 12.7. The number of aromatic nitrogens is 4. The van der Waals surface area contributed by atoms with E-state index < -0.39 is 0 Å². The molecule has 6 nitrogen and oxygen atoms in total. The highest BCUT2D eigenvalue weighted by molar-refractivity contribution is 5.83. The zero-order valence-electron chi connectivity index (χ0n) is 12.4. The molecule has 0 aliphatic carbocycles. The van der Waals surface area contributed by atoms with E-state index in [0.717, 1.165) is 5.69 Å². The summed E-state index contributed by atoms with van der Waals surface area (Å²) in [6.07, 6.45) is 7.16. The highest BCUT2D eigenvalue weighted by atomic mass is 16.5. The molecule has 0 aliphatic heterocycles. The molecule has 2 heterocycles. The summed E-state index contributed by atoms with van der Waals surface area (Å²) in [6.45, 7) is 1.96. The number of fused-ring (bicyclic) bond motifs is 1. The predicted molar refractivity (Wildman–Crippen MR) is 83.0 cm³/mol. The fraction of sp³-hybridized carbons (Fsp3) is 0.250. The third kappa shape index (κ3) is 2.55. The molecule has 0 N–H and O–H groups in total. The van der Waals surface area contributed by atoms with Gasteiger partial charge < -0.3 is 4.74 Å². The lowest BCUT2D eigenvalue weighted by Crippen LogP contribution is -2.25. The average Bonchev–Trinajstić information content (AvgIpc) is 2.55. The minimum Gasteiger partial charge on any atom is -0.496 e. The molecule has 6 heteroatoms. The normalized spacial score (nSPS) is 12.3. The van der Waals surface area contributed by atoms with Crippen LogP contribution in [0, 0.1) is 0 Å². The Labute approximate surface area is 127 Å². The van der Waals surface area contributed by atoms with Crippen LogP contribution in [0.4, 0.5) is 0 Å². The third-order valence-corrected chi connectivity index (χ3v) is 3.59. The molecule has 0 fully saturated rings. The maximum Gasteiger partial charge on any atom is 0.265 e. The van der Waals surface area contributed by atoms with Gasteiger partial charge in [0, 0.05) is 31.1 Å². The Balaban J connectivity index is 2.04. The van der Waals surface area contributed by atoms with E-state index in [1.54, 1.807) is 48.7 Å². The molecule has 0 saturated heterocycles. The predicted octanol–water partition coefficient (Wildman–Crippen LogP) is 2.00. The van der Waals surface area contributed by atoms with E-state index in [1.807, 2.05) is 13.0 Å². The quantitative estimate of drug-likeness (QED) is 0.736. The molecule has 0 radical (unpaired) electrons. The highest BCUT2D eigenvalue weighted by Gasteiger charge is 2.14. The van der Waals surface area contributed by atoms with Crippen LogP contribution in [0.15, 0.2) is 47.9 Å². The second kappa shape index (κ2) is 5.93. The second-order valence-corrected chi connectivity index (χ2v) is 5.06. The van der Waals surface area contributed by atoms with Gasteiger partial charge in [-0.15, -0.1) is 0 Å². The van der Waals surface area contributed by atoms with Crippen LogP contribution >= 0.6 is 0 Å². The Kier molecular flexibility index (Phi) is 3.82. The minimum atomic E-state index is -0.112. The Hall–Kier alpha value is -2.76. The van der Waals surface area contributed by atoms with Gasteiger partial charge >= 0.3 is 0 Å². The molecule has 2 aromatic heterocycles. The van der Waals surface area contributed by atoms with Gasteiger partial charge in [0.05, 0.1) is 24.6 Å². The number of nitrogens with zero attached hydrogens (tertiary/aromatic N) is 4. The van der Waals surface area contributed by atoms with Crippen molar-refractivity contribution in [3.8, 4) is 5.75 Å². The minimum absolute atomic E-state index is 0.0778. The summed E-state index contributed by atoms with van der Waals surface area (Å²) in [4.78, 5) is 25.4. The molecule has 112 valence electrons. The summed E-state index contributed by atoms with van der Waals surface area (Å²) >= 11 is 0. The van der Waals surface area contributed by atoms with Gasteiger partial charge in [-0.25, -0.2) is 4.98 Å². The van der Waals surface area contributed by atoms with Gasteiger partial charge in [-0.3, -0.25) is 19.3 Å². The van der Waals surface area contributed by atoms with Crippen molar-refractivity contribution in [3.05, 3.63) is 59.2 Å². The van der Waals surface area contributed by atoms with Gasteiger partial charge in [0.2, 0.25) is 0 Å². The first-order valence-corrected chi connectivity index (χ1v) is 6.99. The van der Waals surface area contributed by atoms with Crippen LogP contribution < -0.4 is 10.3 Å². The summed E-state index contributed by atoms with van der Waals surface area (Å²) in [5.41, 5.74) is 1.35. The molecule has 0 aliphatic rings. The molecule has 0 spiro atoms. The topological polar surface area (TPSA) is 69.9 Å². The van der Waals surface area contributed by atoms with Crippen molar-refractivity contribution < 1.29 is 4.74 Å². The Morgan fingerprint density at radius 1 is 1.27 bits per heavy atom. The molecule has 0 bridgehead atoms. The summed E-state index contributed by atoms with van der Waals surface area (Å²) in [7, 11) is 1.55. The van der Waals surface area contributed by atoms with Crippen molar-refractivity contribution in [2.45, 2.75) is 19.4 Å². The fourth-order valence-corrected chi connectivity index (χ4v) is 2.47. The molecular weight excluding hydrogens is 280 g/mol. The summed E-state index contributed by atoms with van der Waals surface area (Å²) in [5, 5.41) is 0.499. The Morgan fingerprint density at radius 3 is 2.86 bits per heavy atom. The molecule has 1 aromatic carbocycles. The van der Waals surface area contributed by atoms with Crippen molar-refractivity contribution in [1.82, 2.24) is 19.5 Å². The van der Waals surface area contributed by atoms with Crippen molar-refractivity contribution >= 4 is 10.9 Å². The molecule has 0 amide bonds. The maximum absolute atomic E-state index is 12.7. The molecule has 0 unspecified atom stereocenters. The van der Waals surface area contributed by atoms with E-state index in [9.17, 15) is 4.79 Å². The lowest BCUT2D eigenvalue weighted by Gasteiger charge is -2.15. The molecular formula is C16H16N4O2. The number of hydrogen-bond donors (Lipinski definition) is 0. The summed E-state index contributed by atoms with van der Waals surface area (Å²) in [6, 6.07) is 5.31. The first-order valence-electron chi connectivity index (χ1n) is 6.99. The highest BCUT2D eigenvalue weighted by Crippen LogP contribution is 2.21. The second-order valence-electron chi connectivity index (χ2n) is 5.06. The smallest absolute Gasteiger partial charge is 0.265 e. The number of hydrogen-bond acceptors (Lipinski definition) is 5. The van der Waals surface area contributed by atoms with Crippen LogP contribution in [0.3, 0.4) is 0 Å². The van der Waals surface area contributed by atoms with Crippen molar-refractivity contribution in [1.29, 1.82) is 0 Å². The van der Waals surface area contributed by atoms with E-state index >= 15 is 0 Å². The largest absolute Gasteiger partial charge is 0.496 e. The Morgan fingerprint density at radius 2 is 2.14 bits per heavy atom. The fourth-order valence-electron chi connectivity index (χ4n) is 2.47. The Bertz CT molecular complexity index is 846. The average molecular weight is 296 g/mol. The zero-order valence-corrected chi connectivity index (χ0v) is 12.4. The molecule has 0 saturated carbocycles. The van der Waals surface area contributed by atoms with Crippen LogP contribution in [0.5, 0.6) is 5.75 Å². The number of ether oxygens (including phenoxy) is 1. The SMILES string of the molecule is COc1cccc2ncn([C@H](C)Cc3cnccn3)c(=O)c12. The number of methoxy groups -OCH3 is 1. The van der Waals surface area contributed by atoms with Crippen LogP contribution in [0.25, 0.3) is 10.9 Å². The van der Waals surface area contributed by atoms with E-state index in [1.165, 1.54) is 0 Å². The molecule has 1 atom stereocenters. The number of rotatable bonds is 4. The lowest BCUT2D eigenvalue weighted by atomic mass is 10.1. The van der Waals surface area contributed by atoms with E-state index in [0.29, 0.717) is 23.1 Å². The monoisotopic (exact) mass is 296 g/mol. The van der Waals surface area contributed by atoms with Crippen LogP contribution in [-0.2, 0) is 6.42 Å². The standard InChI is InChI=1S/C16H16N4O2/c1-11(8-12-9-17-6-7-18-12)20-10-19-13-4-3-5-14(22-2)15(13)16(20)21/h3-7,9-11H,8H2,1-2H3/t11-/m1/s1. The van der Waals surface area contributed by atoms with E-state index in [-0.39, 0.29) is 11.6 Å². The van der Waals surface area contributed by atoms with Gasteiger partial charge in [0.25, 0.3) is 5.56 Å². The van der Waals surface area contributed by atoms with Gasteiger partial charge in [-0.1, -0.05) is 6.07 Å². The van der Waals surface area contributed by atoms with E-state index in [4.69, 9.17) is 4.74 Å². The van der Waals surface area contributed by atoms with Crippen molar-refractivity contribution in [2.24, 2.45) is 0 Å².